The Morgan fingerprint density at radius 1 is 1.33 bits per heavy atom. The van der Waals surface area contributed by atoms with E-state index < -0.39 is 15.8 Å². The smallest absolute Gasteiger partial charge is 0.243 e. The van der Waals surface area contributed by atoms with Crippen molar-refractivity contribution in [3.63, 3.8) is 0 Å². The Kier molecular flexibility index (Phi) is 5.01. The summed E-state index contributed by atoms with van der Waals surface area (Å²) in [7, 11) is -3.57. The van der Waals surface area contributed by atoms with Crippen molar-refractivity contribution in [1.82, 2.24) is 4.31 Å². The quantitative estimate of drug-likeness (QED) is 0.932. The van der Waals surface area contributed by atoms with Crippen LogP contribution in [0.15, 0.2) is 17.0 Å². The summed E-state index contributed by atoms with van der Waals surface area (Å²) in [5, 5.41) is 0. The van der Waals surface area contributed by atoms with Gasteiger partial charge >= 0.3 is 0 Å². The lowest BCUT2D eigenvalue weighted by molar-refractivity contribution is 0.416. The number of benzene rings is 1. The Morgan fingerprint density at radius 2 is 2.05 bits per heavy atom. The summed E-state index contributed by atoms with van der Waals surface area (Å²) in [6, 6.07) is 2.77. The van der Waals surface area contributed by atoms with E-state index >= 15 is 0 Å². The highest BCUT2D eigenvalue weighted by Crippen LogP contribution is 2.25. The Balaban J connectivity index is 2.37. The van der Waals surface area contributed by atoms with Crippen LogP contribution in [-0.4, -0.2) is 25.8 Å². The van der Waals surface area contributed by atoms with Crippen LogP contribution in [0.2, 0.25) is 0 Å². The van der Waals surface area contributed by atoms with Gasteiger partial charge in [-0.2, -0.15) is 4.31 Å². The fraction of sp³-hybridized carbons (Fsp3) is 0.600. The molecule has 0 aromatic heterocycles. The van der Waals surface area contributed by atoms with E-state index in [1.54, 1.807) is 6.92 Å². The molecule has 1 aliphatic heterocycles. The molecule has 0 aliphatic carbocycles. The van der Waals surface area contributed by atoms with E-state index in [9.17, 15) is 12.8 Å². The van der Waals surface area contributed by atoms with Gasteiger partial charge in [0, 0.05) is 25.2 Å². The molecule has 1 unspecified atom stereocenters. The zero-order valence-electron chi connectivity index (χ0n) is 12.6. The fourth-order valence-electron chi connectivity index (χ4n) is 2.73. The maximum Gasteiger partial charge on any atom is 0.243 e. The van der Waals surface area contributed by atoms with Gasteiger partial charge in [0.1, 0.15) is 5.82 Å². The van der Waals surface area contributed by atoms with Gasteiger partial charge in [-0.05, 0) is 49.8 Å². The van der Waals surface area contributed by atoms with Gasteiger partial charge in [-0.25, -0.2) is 12.8 Å². The minimum absolute atomic E-state index is 0.00688. The van der Waals surface area contributed by atoms with Crippen molar-refractivity contribution in [2.24, 2.45) is 11.7 Å². The molecule has 1 aromatic carbocycles. The average Bonchev–Trinajstić information content (AvgIpc) is 2.66. The first-order chi connectivity index (χ1) is 9.86. The number of nitrogens with zero attached hydrogens (tertiary/aromatic N) is 1. The molecular weight excluding hydrogens is 291 g/mol. The molecule has 0 radical (unpaired) electrons. The summed E-state index contributed by atoms with van der Waals surface area (Å²) in [5.74, 6) is 0.126. The van der Waals surface area contributed by atoms with Gasteiger partial charge in [0.05, 0.1) is 4.90 Å². The van der Waals surface area contributed by atoms with Crippen molar-refractivity contribution in [1.29, 1.82) is 0 Å². The minimum atomic E-state index is -3.57. The molecule has 1 aliphatic rings. The van der Waals surface area contributed by atoms with Crippen molar-refractivity contribution in [3.05, 3.63) is 29.1 Å². The third kappa shape index (κ3) is 3.44. The number of rotatable bonds is 3. The number of halogens is 1. The van der Waals surface area contributed by atoms with Gasteiger partial charge in [-0.3, -0.25) is 0 Å². The molecule has 0 spiro atoms. The van der Waals surface area contributed by atoms with Crippen LogP contribution in [0.3, 0.4) is 0 Å². The molecule has 0 saturated carbocycles. The van der Waals surface area contributed by atoms with E-state index in [0.29, 0.717) is 24.6 Å². The Bertz CT molecular complexity index is 616. The SMILES string of the molecule is Cc1cc(S(=O)(=O)N2CCCC(C)CC2)cc(CN)c1F. The summed E-state index contributed by atoms with van der Waals surface area (Å²) in [6.45, 7) is 4.76. The van der Waals surface area contributed by atoms with E-state index in [2.05, 4.69) is 6.92 Å². The predicted molar refractivity (Wildman–Crippen MR) is 80.8 cm³/mol. The van der Waals surface area contributed by atoms with Gasteiger partial charge in [0.25, 0.3) is 0 Å². The lowest BCUT2D eigenvalue weighted by atomic mass is 10.0. The van der Waals surface area contributed by atoms with Gasteiger partial charge in [-0.15, -0.1) is 0 Å². The number of hydrogen-bond acceptors (Lipinski definition) is 3. The van der Waals surface area contributed by atoms with Crippen molar-refractivity contribution in [2.45, 2.75) is 44.6 Å². The number of hydrogen-bond donors (Lipinski definition) is 1. The van der Waals surface area contributed by atoms with E-state index in [-0.39, 0.29) is 17.0 Å². The number of nitrogens with two attached hydrogens (primary N) is 1. The topological polar surface area (TPSA) is 63.4 Å². The summed E-state index contributed by atoms with van der Waals surface area (Å²) in [6.07, 6.45) is 2.77. The molecule has 21 heavy (non-hydrogen) atoms. The lowest BCUT2D eigenvalue weighted by Crippen LogP contribution is -2.32. The largest absolute Gasteiger partial charge is 0.326 e. The summed E-state index contributed by atoms with van der Waals surface area (Å²) in [5.41, 5.74) is 6.07. The lowest BCUT2D eigenvalue weighted by Gasteiger charge is -2.21. The van der Waals surface area contributed by atoms with Gasteiger partial charge < -0.3 is 5.73 Å². The molecule has 6 heteroatoms. The highest BCUT2D eigenvalue weighted by atomic mass is 32.2. The number of sulfonamides is 1. The van der Waals surface area contributed by atoms with E-state index in [1.165, 1.54) is 16.4 Å². The summed E-state index contributed by atoms with van der Waals surface area (Å²) < 4.78 is 40.8. The molecule has 0 bridgehead atoms. The third-order valence-electron chi connectivity index (χ3n) is 4.14. The van der Waals surface area contributed by atoms with E-state index in [4.69, 9.17) is 5.73 Å². The first-order valence-corrected chi connectivity index (χ1v) is 8.79. The average molecular weight is 314 g/mol. The Morgan fingerprint density at radius 3 is 2.71 bits per heavy atom. The van der Waals surface area contributed by atoms with Crippen molar-refractivity contribution < 1.29 is 12.8 Å². The Hall–Kier alpha value is -0.980. The Labute approximate surface area is 126 Å². The monoisotopic (exact) mass is 314 g/mol. The molecule has 1 aromatic rings. The first-order valence-electron chi connectivity index (χ1n) is 7.35. The molecule has 0 amide bonds. The van der Waals surface area contributed by atoms with Gasteiger partial charge in [0.15, 0.2) is 0 Å². The molecule has 2 N–H and O–H groups in total. The maximum absolute atomic E-state index is 13.8. The summed E-state index contributed by atoms with van der Waals surface area (Å²) in [4.78, 5) is 0.149. The van der Waals surface area contributed by atoms with Crippen LogP contribution in [-0.2, 0) is 16.6 Å². The second kappa shape index (κ2) is 6.42. The second-order valence-electron chi connectivity index (χ2n) is 5.86. The predicted octanol–water partition coefficient (Wildman–Crippen LogP) is 2.40. The number of aryl methyl sites for hydroxylation is 1. The van der Waals surface area contributed by atoms with Gasteiger partial charge in [-0.1, -0.05) is 6.92 Å². The van der Waals surface area contributed by atoms with Crippen LogP contribution in [0.1, 0.15) is 37.3 Å². The van der Waals surface area contributed by atoms with Crippen LogP contribution < -0.4 is 5.73 Å². The third-order valence-corrected chi connectivity index (χ3v) is 6.01. The van der Waals surface area contributed by atoms with Crippen LogP contribution in [0, 0.1) is 18.7 Å². The standard InChI is InChI=1S/C15H23FN2O2S/c1-11-4-3-6-18(7-5-11)21(19,20)14-8-12(2)15(16)13(9-14)10-17/h8-9,11H,3-7,10,17H2,1-2H3. The highest BCUT2D eigenvalue weighted by molar-refractivity contribution is 7.89. The molecule has 4 nitrogen and oxygen atoms in total. The molecule has 2 rings (SSSR count). The molecule has 1 fully saturated rings. The van der Waals surface area contributed by atoms with E-state index in [1.807, 2.05) is 0 Å². The zero-order valence-corrected chi connectivity index (χ0v) is 13.4. The molecular formula is C15H23FN2O2S. The maximum atomic E-state index is 13.8. The van der Waals surface area contributed by atoms with Crippen molar-refractivity contribution >= 4 is 10.0 Å². The fourth-order valence-corrected chi connectivity index (χ4v) is 4.36. The highest BCUT2D eigenvalue weighted by Gasteiger charge is 2.27. The van der Waals surface area contributed by atoms with Crippen molar-refractivity contribution in [3.8, 4) is 0 Å². The van der Waals surface area contributed by atoms with Crippen LogP contribution >= 0.6 is 0 Å². The molecule has 1 atom stereocenters. The van der Waals surface area contributed by atoms with Crippen LogP contribution in [0.25, 0.3) is 0 Å². The van der Waals surface area contributed by atoms with Crippen LogP contribution in [0.4, 0.5) is 4.39 Å². The van der Waals surface area contributed by atoms with Crippen LogP contribution in [0.5, 0.6) is 0 Å². The normalized spacial score (nSPS) is 21.2. The minimum Gasteiger partial charge on any atom is -0.326 e. The molecule has 1 saturated heterocycles. The molecule has 1 heterocycles. The van der Waals surface area contributed by atoms with E-state index in [0.717, 1.165) is 19.3 Å². The van der Waals surface area contributed by atoms with Gasteiger partial charge in [0.2, 0.25) is 10.0 Å². The second-order valence-corrected chi connectivity index (χ2v) is 7.80. The van der Waals surface area contributed by atoms with Crippen molar-refractivity contribution in [2.75, 3.05) is 13.1 Å². The summed E-state index contributed by atoms with van der Waals surface area (Å²) >= 11 is 0. The zero-order chi connectivity index (χ0) is 15.6. The molecule has 118 valence electrons. The first kappa shape index (κ1) is 16.4.